The molecule has 0 spiro atoms. The second-order valence-corrected chi connectivity index (χ2v) is 5.50. The third kappa shape index (κ3) is 4.62. The van der Waals surface area contributed by atoms with E-state index in [-0.39, 0.29) is 18.6 Å². The topological polar surface area (TPSA) is 32.8 Å². The predicted molar refractivity (Wildman–Crippen MR) is 79.4 cm³/mol. The molecule has 1 aromatic carbocycles. The van der Waals surface area contributed by atoms with Crippen LogP contribution in [0.1, 0.15) is 19.4 Å². The third-order valence-corrected chi connectivity index (χ3v) is 3.51. The van der Waals surface area contributed by atoms with Gasteiger partial charge in [0.05, 0.1) is 6.10 Å². The molecule has 1 heterocycles. The summed E-state index contributed by atoms with van der Waals surface area (Å²) in [6.45, 7) is 8.53. The van der Waals surface area contributed by atoms with Crippen LogP contribution in [0.3, 0.4) is 0 Å². The maximum atomic E-state index is 11.9. The van der Waals surface area contributed by atoms with Gasteiger partial charge in [0.15, 0.2) is 0 Å². The Hall–Kier alpha value is -1.39. The van der Waals surface area contributed by atoms with E-state index in [1.165, 1.54) is 5.56 Å². The van der Waals surface area contributed by atoms with Crippen LogP contribution in [-0.4, -0.2) is 54.6 Å². The first-order chi connectivity index (χ1) is 9.65. The summed E-state index contributed by atoms with van der Waals surface area (Å²) in [6, 6.07) is 10.5. The van der Waals surface area contributed by atoms with Gasteiger partial charge < -0.3 is 9.64 Å². The molecule has 0 aromatic heterocycles. The van der Waals surface area contributed by atoms with E-state index in [0.29, 0.717) is 0 Å². The highest BCUT2D eigenvalue weighted by Crippen LogP contribution is 2.08. The molecule has 0 aliphatic carbocycles. The fourth-order valence-corrected chi connectivity index (χ4v) is 2.33. The van der Waals surface area contributed by atoms with Crippen molar-refractivity contribution in [1.29, 1.82) is 0 Å². The van der Waals surface area contributed by atoms with Crippen molar-refractivity contribution >= 4 is 5.91 Å². The lowest BCUT2D eigenvalue weighted by Crippen LogP contribution is -2.49. The Bertz CT molecular complexity index is 412. The molecule has 1 aliphatic heterocycles. The van der Waals surface area contributed by atoms with Crippen LogP contribution in [0, 0.1) is 0 Å². The summed E-state index contributed by atoms with van der Waals surface area (Å²) in [5, 5.41) is 0. The molecule has 1 amide bonds. The van der Waals surface area contributed by atoms with E-state index >= 15 is 0 Å². The van der Waals surface area contributed by atoms with Gasteiger partial charge >= 0.3 is 0 Å². The van der Waals surface area contributed by atoms with E-state index in [2.05, 4.69) is 29.2 Å². The summed E-state index contributed by atoms with van der Waals surface area (Å²) in [7, 11) is 0. The molecule has 1 saturated heterocycles. The average Bonchev–Trinajstić information content (AvgIpc) is 2.46. The highest BCUT2D eigenvalue weighted by molar-refractivity contribution is 5.77. The van der Waals surface area contributed by atoms with Crippen LogP contribution in [-0.2, 0) is 16.1 Å². The molecule has 0 unspecified atom stereocenters. The molecule has 1 fully saturated rings. The van der Waals surface area contributed by atoms with Gasteiger partial charge in [0.1, 0.15) is 6.61 Å². The van der Waals surface area contributed by atoms with Gasteiger partial charge in [0.2, 0.25) is 5.91 Å². The summed E-state index contributed by atoms with van der Waals surface area (Å²) in [4.78, 5) is 16.2. The maximum Gasteiger partial charge on any atom is 0.248 e. The van der Waals surface area contributed by atoms with Crippen LogP contribution in [0.2, 0.25) is 0 Å². The number of nitrogens with zero attached hydrogens (tertiary/aromatic N) is 2. The Labute approximate surface area is 121 Å². The largest absolute Gasteiger partial charge is 0.369 e. The van der Waals surface area contributed by atoms with E-state index in [1.807, 2.05) is 24.8 Å². The highest BCUT2D eigenvalue weighted by Gasteiger charge is 2.21. The van der Waals surface area contributed by atoms with Gasteiger partial charge in [-0.3, -0.25) is 9.69 Å². The molecule has 20 heavy (non-hydrogen) atoms. The van der Waals surface area contributed by atoms with E-state index < -0.39 is 0 Å². The SMILES string of the molecule is CC(C)OCC(=O)N1CCN(Cc2ccccc2)CC1. The minimum atomic E-state index is 0.109. The predicted octanol–water partition coefficient (Wildman–Crippen LogP) is 1.76. The molecule has 0 N–H and O–H groups in total. The summed E-state index contributed by atoms with van der Waals surface area (Å²) in [5.74, 6) is 0.109. The number of ether oxygens (including phenoxy) is 1. The van der Waals surface area contributed by atoms with Gasteiger partial charge in [0.25, 0.3) is 0 Å². The molecule has 4 nitrogen and oxygen atoms in total. The van der Waals surface area contributed by atoms with Crippen molar-refractivity contribution in [2.24, 2.45) is 0 Å². The molecule has 110 valence electrons. The van der Waals surface area contributed by atoms with Crippen molar-refractivity contribution in [3.8, 4) is 0 Å². The van der Waals surface area contributed by atoms with Crippen molar-refractivity contribution < 1.29 is 9.53 Å². The van der Waals surface area contributed by atoms with Crippen molar-refractivity contribution in [2.75, 3.05) is 32.8 Å². The fraction of sp³-hybridized carbons (Fsp3) is 0.562. The fourth-order valence-electron chi connectivity index (χ4n) is 2.33. The number of hydrogen-bond donors (Lipinski definition) is 0. The van der Waals surface area contributed by atoms with Crippen LogP contribution < -0.4 is 0 Å². The minimum absolute atomic E-state index is 0.109. The van der Waals surface area contributed by atoms with Crippen molar-refractivity contribution in [1.82, 2.24) is 9.80 Å². The smallest absolute Gasteiger partial charge is 0.248 e. The van der Waals surface area contributed by atoms with Gasteiger partial charge in [-0.1, -0.05) is 30.3 Å². The van der Waals surface area contributed by atoms with Crippen LogP contribution in [0.5, 0.6) is 0 Å². The molecular weight excluding hydrogens is 252 g/mol. The van der Waals surface area contributed by atoms with Crippen LogP contribution in [0.25, 0.3) is 0 Å². The van der Waals surface area contributed by atoms with Gasteiger partial charge in [-0.05, 0) is 19.4 Å². The number of piperazine rings is 1. The lowest BCUT2D eigenvalue weighted by molar-refractivity contribution is -0.139. The molecule has 0 saturated carbocycles. The first-order valence-corrected chi connectivity index (χ1v) is 7.31. The van der Waals surface area contributed by atoms with E-state index in [9.17, 15) is 4.79 Å². The zero-order valence-corrected chi connectivity index (χ0v) is 12.4. The van der Waals surface area contributed by atoms with Gasteiger partial charge in [0, 0.05) is 32.7 Å². The Balaban J connectivity index is 1.73. The zero-order valence-electron chi connectivity index (χ0n) is 12.4. The van der Waals surface area contributed by atoms with Gasteiger partial charge in [-0.25, -0.2) is 0 Å². The Morgan fingerprint density at radius 2 is 1.80 bits per heavy atom. The molecule has 1 aliphatic rings. The monoisotopic (exact) mass is 276 g/mol. The van der Waals surface area contributed by atoms with E-state index in [4.69, 9.17) is 4.74 Å². The third-order valence-electron chi connectivity index (χ3n) is 3.51. The molecule has 1 aromatic rings. The molecule has 0 atom stereocenters. The average molecular weight is 276 g/mol. The van der Waals surface area contributed by atoms with E-state index in [1.54, 1.807) is 0 Å². The Morgan fingerprint density at radius 3 is 2.40 bits per heavy atom. The first-order valence-electron chi connectivity index (χ1n) is 7.31. The maximum absolute atomic E-state index is 11.9. The van der Waals surface area contributed by atoms with Crippen molar-refractivity contribution in [3.05, 3.63) is 35.9 Å². The lowest BCUT2D eigenvalue weighted by atomic mass is 10.2. The molecule has 2 rings (SSSR count). The second-order valence-electron chi connectivity index (χ2n) is 5.50. The molecule has 4 heteroatoms. The van der Waals surface area contributed by atoms with Crippen LogP contribution in [0.4, 0.5) is 0 Å². The first kappa shape index (κ1) is 15.0. The number of hydrogen-bond acceptors (Lipinski definition) is 3. The quantitative estimate of drug-likeness (QED) is 0.821. The standard InChI is InChI=1S/C16H24N2O2/c1-14(2)20-13-16(19)18-10-8-17(9-11-18)12-15-6-4-3-5-7-15/h3-7,14H,8-13H2,1-2H3. The normalized spacial score (nSPS) is 16.6. The number of amides is 1. The van der Waals surface area contributed by atoms with E-state index in [0.717, 1.165) is 32.7 Å². The number of benzene rings is 1. The van der Waals surface area contributed by atoms with Crippen molar-refractivity contribution in [2.45, 2.75) is 26.5 Å². The summed E-state index contributed by atoms with van der Waals surface area (Å²) in [5.41, 5.74) is 1.33. The number of carbonyl (C=O) groups excluding carboxylic acids is 1. The number of rotatable bonds is 5. The minimum Gasteiger partial charge on any atom is -0.369 e. The summed E-state index contributed by atoms with van der Waals surface area (Å²) < 4.78 is 5.37. The zero-order chi connectivity index (χ0) is 14.4. The van der Waals surface area contributed by atoms with Crippen molar-refractivity contribution in [3.63, 3.8) is 0 Å². The highest BCUT2D eigenvalue weighted by atomic mass is 16.5. The Kier molecular flexibility index (Phi) is 5.56. The molecule has 0 radical (unpaired) electrons. The summed E-state index contributed by atoms with van der Waals surface area (Å²) >= 11 is 0. The molecule has 0 bridgehead atoms. The van der Waals surface area contributed by atoms with Crippen LogP contribution >= 0.6 is 0 Å². The summed E-state index contributed by atoms with van der Waals surface area (Å²) in [6.07, 6.45) is 0.110. The molecular formula is C16H24N2O2. The van der Waals surface area contributed by atoms with Gasteiger partial charge in [-0.2, -0.15) is 0 Å². The second kappa shape index (κ2) is 7.41. The Morgan fingerprint density at radius 1 is 1.15 bits per heavy atom. The number of carbonyl (C=O) groups is 1. The van der Waals surface area contributed by atoms with Crippen LogP contribution in [0.15, 0.2) is 30.3 Å². The lowest BCUT2D eigenvalue weighted by Gasteiger charge is -2.34. The van der Waals surface area contributed by atoms with Gasteiger partial charge in [-0.15, -0.1) is 0 Å².